The van der Waals surface area contributed by atoms with Gasteiger partial charge in [0.15, 0.2) is 0 Å². The number of fused-ring (bicyclic) bond motifs is 1. The molecule has 0 spiro atoms. The number of rotatable bonds is 2. The lowest BCUT2D eigenvalue weighted by atomic mass is 10.1. The second kappa shape index (κ2) is 4.51. The Kier molecular flexibility index (Phi) is 2.95. The van der Waals surface area contributed by atoms with Gasteiger partial charge in [-0.15, -0.1) is 0 Å². The van der Waals surface area contributed by atoms with Crippen molar-refractivity contribution < 1.29 is 8.42 Å². The Hall–Kier alpha value is -1.59. The number of anilines is 1. The highest BCUT2D eigenvalue weighted by atomic mass is 32.2. The van der Waals surface area contributed by atoms with E-state index >= 15 is 0 Å². The van der Waals surface area contributed by atoms with Crippen molar-refractivity contribution in [3.8, 4) is 0 Å². The molecule has 1 heterocycles. The van der Waals surface area contributed by atoms with Crippen molar-refractivity contribution in [1.82, 2.24) is 0 Å². The zero-order valence-electron chi connectivity index (χ0n) is 10.5. The summed E-state index contributed by atoms with van der Waals surface area (Å²) < 4.78 is 26.3. The van der Waals surface area contributed by atoms with Crippen molar-refractivity contribution in [2.75, 3.05) is 17.4 Å². The van der Waals surface area contributed by atoms with Gasteiger partial charge in [-0.25, -0.2) is 8.42 Å². The molecular formula is C14H16N2O2S. The largest absolute Gasteiger partial charge is 0.329 e. The van der Waals surface area contributed by atoms with Gasteiger partial charge in [-0.1, -0.05) is 36.4 Å². The van der Waals surface area contributed by atoms with Gasteiger partial charge in [0.25, 0.3) is 0 Å². The number of benzene rings is 2. The zero-order valence-corrected chi connectivity index (χ0v) is 11.3. The van der Waals surface area contributed by atoms with Crippen LogP contribution in [0.2, 0.25) is 0 Å². The van der Waals surface area contributed by atoms with Crippen LogP contribution >= 0.6 is 0 Å². The molecule has 1 atom stereocenters. The Morgan fingerprint density at radius 3 is 2.63 bits per heavy atom. The van der Waals surface area contributed by atoms with Crippen molar-refractivity contribution in [1.29, 1.82) is 0 Å². The molecule has 1 aliphatic heterocycles. The van der Waals surface area contributed by atoms with Crippen LogP contribution in [-0.4, -0.2) is 26.8 Å². The van der Waals surface area contributed by atoms with E-state index in [0.29, 0.717) is 13.0 Å². The van der Waals surface area contributed by atoms with E-state index in [0.717, 1.165) is 16.5 Å². The predicted molar refractivity (Wildman–Crippen MR) is 77.7 cm³/mol. The van der Waals surface area contributed by atoms with Gasteiger partial charge in [-0.05, 0) is 17.9 Å². The molecule has 1 fully saturated rings. The molecule has 5 heteroatoms. The first-order chi connectivity index (χ1) is 9.14. The second-order valence-corrected chi connectivity index (χ2v) is 6.90. The molecule has 3 rings (SSSR count). The van der Waals surface area contributed by atoms with Crippen LogP contribution < -0.4 is 10.0 Å². The summed E-state index contributed by atoms with van der Waals surface area (Å²) in [6, 6.07) is 13.6. The smallest absolute Gasteiger partial charge is 0.239 e. The maximum absolute atomic E-state index is 12.4. The molecule has 0 aliphatic carbocycles. The van der Waals surface area contributed by atoms with Gasteiger partial charge >= 0.3 is 0 Å². The van der Waals surface area contributed by atoms with Crippen molar-refractivity contribution in [2.24, 2.45) is 5.73 Å². The Morgan fingerprint density at radius 2 is 1.89 bits per heavy atom. The quantitative estimate of drug-likeness (QED) is 0.908. The third-order valence-corrected chi connectivity index (χ3v) is 5.95. The minimum Gasteiger partial charge on any atom is -0.329 e. The van der Waals surface area contributed by atoms with Crippen LogP contribution in [0.5, 0.6) is 0 Å². The first kappa shape index (κ1) is 12.4. The van der Waals surface area contributed by atoms with E-state index in [-0.39, 0.29) is 6.54 Å². The first-order valence-corrected chi connectivity index (χ1v) is 7.84. The monoisotopic (exact) mass is 276 g/mol. The standard InChI is InChI=1S/C14H16N2O2S/c15-10-12-8-9-16(19(12,17)18)14-7-3-5-11-4-1-2-6-13(11)14/h1-7,12H,8-10,15H2. The molecule has 1 unspecified atom stereocenters. The van der Waals surface area contributed by atoms with E-state index in [1.165, 1.54) is 4.31 Å². The van der Waals surface area contributed by atoms with Gasteiger partial charge in [0.1, 0.15) is 0 Å². The zero-order chi connectivity index (χ0) is 13.5. The number of sulfonamides is 1. The Bertz CT molecular complexity index is 707. The highest BCUT2D eigenvalue weighted by molar-refractivity contribution is 7.93. The molecule has 0 aromatic heterocycles. The second-order valence-electron chi connectivity index (χ2n) is 4.76. The summed E-state index contributed by atoms with van der Waals surface area (Å²) in [5, 5.41) is 1.56. The Balaban J connectivity index is 2.16. The molecule has 2 aromatic carbocycles. The lowest BCUT2D eigenvalue weighted by Gasteiger charge is -2.20. The molecule has 19 heavy (non-hydrogen) atoms. The number of hydrogen-bond donors (Lipinski definition) is 1. The molecule has 0 amide bonds. The van der Waals surface area contributed by atoms with E-state index in [1.54, 1.807) is 0 Å². The summed E-state index contributed by atoms with van der Waals surface area (Å²) in [4.78, 5) is 0. The third kappa shape index (κ3) is 1.89. The lowest BCUT2D eigenvalue weighted by molar-refractivity contribution is 0.588. The van der Waals surface area contributed by atoms with Crippen LogP contribution in [0, 0.1) is 0 Å². The van der Waals surface area contributed by atoms with Crippen molar-refractivity contribution in [2.45, 2.75) is 11.7 Å². The van der Waals surface area contributed by atoms with Crippen molar-refractivity contribution in [3.05, 3.63) is 42.5 Å². The number of hydrogen-bond acceptors (Lipinski definition) is 3. The van der Waals surface area contributed by atoms with Gasteiger partial charge in [-0.3, -0.25) is 4.31 Å². The van der Waals surface area contributed by atoms with Crippen molar-refractivity contribution >= 4 is 26.5 Å². The van der Waals surface area contributed by atoms with Crippen LogP contribution in [0.1, 0.15) is 6.42 Å². The van der Waals surface area contributed by atoms with Gasteiger partial charge in [0.2, 0.25) is 10.0 Å². The maximum Gasteiger partial charge on any atom is 0.239 e. The molecular weight excluding hydrogens is 260 g/mol. The van der Waals surface area contributed by atoms with Crippen LogP contribution in [0.25, 0.3) is 10.8 Å². The van der Waals surface area contributed by atoms with E-state index in [1.807, 2.05) is 42.5 Å². The Morgan fingerprint density at radius 1 is 1.16 bits per heavy atom. The first-order valence-electron chi connectivity index (χ1n) is 6.34. The van der Waals surface area contributed by atoms with Crippen LogP contribution in [-0.2, 0) is 10.0 Å². The maximum atomic E-state index is 12.4. The van der Waals surface area contributed by atoms with Gasteiger partial charge in [0, 0.05) is 18.5 Å². The fourth-order valence-corrected chi connectivity index (χ4v) is 4.44. The summed E-state index contributed by atoms with van der Waals surface area (Å²) in [7, 11) is -3.31. The van der Waals surface area contributed by atoms with Crippen molar-refractivity contribution in [3.63, 3.8) is 0 Å². The van der Waals surface area contributed by atoms with Crippen LogP contribution in [0.3, 0.4) is 0 Å². The normalized spacial score (nSPS) is 21.9. The predicted octanol–water partition coefficient (Wildman–Crippen LogP) is 1.71. The fourth-order valence-electron chi connectivity index (χ4n) is 2.64. The minimum atomic E-state index is -3.31. The molecule has 1 aliphatic rings. The topological polar surface area (TPSA) is 63.4 Å². The van der Waals surface area contributed by atoms with Crippen LogP contribution in [0.15, 0.2) is 42.5 Å². The third-order valence-electron chi connectivity index (χ3n) is 3.68. The average molecular weight is 276 g/mol. The molecule has 100 valence electrons. The number of nitrogens with zero attached hydrogens (tertiary/aromatic N) is 1. The van der Waals surface area contributed by atoms with E-state index in [2.05, 4.69) is 0 Å². The minimum absolute atomic E-state index is 0.184. The lowest BCUT2D eigenvalue weighted by Crippen LogP contribution is -2.33. The highest BCUT2D eigenvalue weighted by Crippen LogP contribution is 2.33. The molecule has 2 aromatic rings. The summed E-state index contributed by atoms with van der Waals surface area (Å²) in [5.41, 5.74) is 6.31. The molecule has 0 bridgehead atoms. The summed E-state index contributed by atoms with van der Waals surface area (Å²) in [6.45, 7) is 0.696. The molecule has 0 radical (unpaired) electrons. The SMILES string of the molecule is NCC1CCN(c2cccc3ccccc23)S1(=O)=O. The van der Waals surface area contributed by atoms with E-state index in [4.69, 9.17) is 5.73 Å². The van der Waals surface area contributed by atoms with E-state index in [9.17, 15) is 8.42 Å². The van der Waals surface area contributed by atoms with Gasteiger partial charge in [0.05, 0.1) is 10.9 Å². The van der Waals surface area contributed by atoms with E-state index < -0.39 is 15.3 Å². The summed E-state index contributed by atoms with van der Waals surface area (Å²) in [6.07, 6.45) is 0.599. The average Bonchev–Trinajstić information content (AvgIpc) is 2.72. The Labute approximate surface area is 112 Å². The van der Waals surface area contributed by atoms with Gasteiger partial charge < -0.3 is 5.73 Å². The summed E-state index contributed by atoms with van der Waals surface area (Å²) in [5.74, 6) is 0. The highest BCUT2D eigenvalue weighted by Gasteiger charge is 2.38. The fraction of sp³-hybridized carbons (Fsp3) is 0.286. The van der Waals surface area contributed by atoms with Gasteiger partial charge in [-0.2, -0.15) is 0 Å². The molecule has 1 saturated heterocycles. The molecule has 4 nitrogen and oxygen atoms in total. The number of nitrogens with two attached hydrogens (primary N) is 1. The van der Waals surface area contributed by atoms with Crippen LogP contribution in [0.4, 0.5) is 5.69 Å². The molecule has 0 saturated carbocycles. The molecule has 2 N–H and O–H groups in total. The summed E-state index contributed by atoms with van der Waals surface area (Å²) >= 11 is 0.